The summed E-state index contributed by atoms with van der Waals surface area (Å²) in [7, 11) is 3.45. The molecule has 2 fully saturated rings. The summed E-state index contributed by atoms with van der Waals surface area (Å²) in [5.41, 5.74) is 0.776. The van der Waals surface area contributed by atoms with Crippen LogP contribution in [0.3, 0.4) is 0 Å². The molecular formula is C32H49N7O7. The molecule has 0 radical (unpaired) electrons. The van der Waals surface area contributed by atoms with Crippen LogP contribution in [0.5, 0.6) is 0 Å². The van der Waals surface area contributed by atoms with E-state index < -0.39 is 59.9 Å². The van der Waals surface area contributed by atoms with Crippen LogP contribution in [0, 0.1) is 0 Å². The third-order valence-electron chi connectivity index (χ3n) is 8.17. The van der Waals surface area contributed by atoms with E-state index in [9.17, 15) is 33.9 Å². The van der Waals surface area contributed by atoms with Crippen molar-refractivity contribution in [3.8, 4) is 0 Å². The van der Waals surface area contributed by atoms with Gasteiger partial charge in [0.2, 0.25) is 35.4 Å². The van der Waals surface area contributed by atoms with Gasteiger partial charge in [-0.1, -0.05) is 37.3 Å². The molecule has 0 spiro atoms. The normalized spacial score (nSPS) is 26.4. The van der Waals surface area contributed by atoms with Gasteiger partial charge in [-0.05, 0) is 65.1 Å². The van der Waals surface area contributed by atoms with Gasteiger partial charge in [-0.25, -0.2) is 0 Å². The third kappa shape index (κ3) is 10.5. The second-order valence-electron chi connectivity index (χ2n) is 12.3. The monoisotopic (exact) mass is 643 g/mol. The van der Waals surface area contributed by atoms with E-state index in [0.717, 1.165) is 5.56 Å². The maximum absolute atomic E-state index is 13.9. The summed E-state index contributed by atoms with van der Waals surface area (Å²) in [4.78, 5) is 83.1. The number of amides is 6. The van der Waals surface area contributed by atoms with E-state index in [4.69, 9.17) is 0 Å². The number of rotatable bonds is 7. The van der Waals surface area contributed by atoms with Crippen molar-refractivity contribution in [3.63, 3.8) is 0 Å². The third-order valence-corrected chi connectivity index (χ3v) is 8.17. The second kappa shape index (κ2) is 17.6. The fourth-order valence-corrected chi connectivity index (χ4v) is 5.70. The topological polar surface area (TPSA) is 189 Å². The molecule has 14 nitrogen and oxygen atoms in total. The Hall–Kier alpha value is -4.04. The summed E-state index contributed by atoms with van der Waals surface area (Å²) >= 11 is 0. The van der Waals surface area contributed by atoms with Gasteiger partial charge in [0, 0.05) is 19.5 Å². The fraction of sp³-hybridized carbons (Fsp3) is 0.625. The Balaban J connectivity index is 1.92. The van der Waals surface area contributed by atoms with E-state index in [1.807, 2.05) is 30.3 Å². The zero-order valence-electron chi connectivity index (χ0n) is 27.2. The molecule has 0 unspecified atom stereocenters. The van der Waals surface area contributed by atoms with Gasteiger partial charge in [0.15, 0.2) is 0 Å². The Bertz CT molecular complexity index is 1230. The van der Waals surface area contributed by atoms with Gasteiger partial charge in [0.05, 0.1) is 12.6 Å². The maximum atomic E-state index is 13.9. The number of nitrogens with zero attached hydrogens (tertiary/aromatic N) is 2. The molecule has 0 aliphatic carbocycles. The quantitative estimate of drug-likeness (QED) is 0.214. The minimum atomic E-state index is -1.44. The molecule has 2 heterocycles. The number of carbonyl (C=O) groups excluding carboxylic acids is 6. The lowest BCUT2D eigenvalue weighted by Gasteiger charge is -2.30. The van der Waals surface area contributed by atoms with Crippen molar-refractivity contribution in [1.82, 2.24) is 36.4 Å². The van der Waals surface area contributed by atoms with Crippen LogP contribution in [0.25, 0.3) is 0 Å². The van der Waals surface area contributed by atoms with Crippen LogP contribution in [0.4, 0.5) is 0 Å². The molecule has 2 aliphatic rings. The fourth-order valence-electron chi connectivity index (χ4n) is 5.70. The van der Waals surface area contributed by atoms with Crippen LogP contribution in [-0.2, 0) is 35.2 Å². The van der Waals surface area contributed by atoms with Crippen molar-refractivity contribution in [3.05, 3.63) is 35.9 Å². The Morgan fingerprint density at radius 2 is 1.63 bits per heavy atom. The molecule has 0 saturated carbocycles. The average Bonchev–Trinajstić information content (AvgIpc) is 3.50. The van der Waals surface area contributed by atoms with Crippen molar-refractivity contribution >= 4 is 35.4 Å². The van der Waals surface area contributed by atoms with E-state index in [1.54, 1.807) is 25.9 Å². The summed E-state index contributed by atoms with van der Waals surface area (Å²) in [6.07, 6.45) is 1.29. The molecule has 2 aliphatic heterocycles. The van der Waals surface area contributed by atoms with E-state index in [2.05, 4.69) is 26.6 Å². The summed E-state index contributed by atoms with van der Waals surface area (Å²) in [6, 6.07) is 3.86. The van der Waals surface area contributed by atoms with Crippen molar-refractivity contribution in [2.24, 2.45) is 0 Å². The number of aliphatic hydroxyl groups excluding tert-OH is 1. The van der Waals surface area contributed by atoms with Crippen molar-refractivity contribution in [2.75, 3.05) is 33.7 Å². The van der Waals surface area contributed by atoms with Crippen LogP contribution in [0.15, 0.2) is 30.3 Å². The smallest absolute Gasteiger partial charge is 0.246 e. The van der Waals surface area contributed by atoms with Gasteiger partial charge in [0.25, 0.3) is 0 Å². The number of nitrogens with one attached hydrogen (secondary N) is 5. The number of likely N-dealkylation sites (N-methyl/N-ethyl adjacent to an activating group) is 1. The van der Waals surface area contributed by atoms with E-state index in [0.29, 0.717) is 38.8 Å². The molecule has 46 heavy (non-hydrogen) atoms. The molecule has 6 amide bonds. The lowest BCUT2D eigenvalue weighted by molar-refractivity contribution is -0.142. The number of carbonyl (C=O) groups is 6. The molecule has 6 N–H and O–H groups in total. The van der Waals surface area contributed by atoms with E-state index in [1.165, 1.54) is 11.8 Å². The summed E-state index contributed by atoms with van der Waals surface area (Å²) in [5.74, 6) is -3.15. The zero-order valence-corrected chi connectivity index (χ0v) is 27.2. The first kappa shape index (κ1) is 36.4. The van der Waals surface area contributed by atoms with Gasteiger partial charge in [-0.15, -0.1) is 0 Å². The van der Waals surface area contributed by atoms with Gasteiger partial charge >= 0.3 is 0 Å². The van der Waals surface area contributed by atoms with Crippen LogP contribution in [-0.4, -0.2) is 120 Å². The number of hydrogen-bond acceptors (Lipinski definition) is 8. The number of hydrogen-bond donors (Lipinski definition) is 6. The predicted octanol–water partition coefficient (Wildman–Crippen LogP) is -1.19. The molecule has 3 rings (SSSR count). The highest BCUT2D eigenvalue weighted by Gasteiger charge is 2.39. The van der Waals surface area contributed by atoms with Crippen molar-refractivity contribution in [2.45, 2.75) is 95.1 Å². The molecule has 6 atom stereocenters. The van der Waals surface area contributed by atoms with Crippen LogP contribution >= 0.6 is 0 Å². The maximum Gasteiger partial charge on any atom is 0.246 e. The Morgan fingerprint density at radius 3 is 2.28 bits per heavy atom. The summed E-state index contributed by atoms with van der Waals surface area (Å²) in [5, 5.41) is 24.1. The molecule has 14 heteroatoms. The van der Waals surface area contributed by atoms with Gasteiger partial charge in [0.1, 0.15) is 30.2 Å². The van der Waals surface area contributed by atoms with Crippen LogP contribution < -0.4 is 26.6 Å². The van der Waals surface area contributed by atoms with Gasteiger partial charge in [-0.2, -0.15) is 0 Å². The lowest BCUT2D eigenvalue weighted by atomic mass is 10.0. The zero-order chi connectivity index (χ0) is 33.8. The van der Waals surface area contributed by atoms with E-state index in [-0.39, 0.29) is 37.6 Å². The molecule has 0 bridgehead atoms. The summed E-state index contributed by atoms with van der Waals surface area (Å²) < 4.78 is 0. The van der Waals surface area contributed by atoms with Crippen LogP contribution in [0.1, 0.15) is 57.9 Å². The van der Waals surface area contributed by atoms with Crippen molar-refractivity contribution in [1.29, 1.82) is 0 Å². The Kier molecular flexibility index (Phi) is 13.9. The Morgan fingerprint density at radius 1 is 0.935 bits per heavy atom. The molecule has 254 valence electrons. The Labute approximate surface area is 270 Å². The summed E-state index contributed by atoms with van der Waals surface area (Å²) in [6.45, 7) is 3.72. The molecule has 2 saturated heterocycles. The highest BCUT2D eigenvalue weighted by atomic mass is 16.3. The number of benzene rings is 1. The number of aliphatic hydroxyl groups is 1. The molecule has 1 aromatic rings. The molecule has 0 aromatic heterocycles. The van der Waals surface area contributed by atoms with Crippen LogP contribution in [0.2, 0.25) is 0 Å². The minimum absolute atomic E-state index is 0.0601. The standard InChI is InChI=1S/C32H49N7O7/c1-5-22-28(42)37-27(20(2)40)31(45)36-24(18-21-12-7-6-8-13-21)32(46)39-17-11-15-25(39)30(44)33-16-10-9-14-23(29(43)35-22)34-26(41)19-38(3)4/h6-8,12-13,20,22-25,27,40H,5,9-11,14-19H2,1-4H3,(H,33,44)(H,34,41)(H,35,43)(H,36,45)(H,37,42)/t20-,22+,23+,24-,25+,27+/m1/s1. The highest BCUT2D eigenvalue weighted by molar-refractivity contribution is 5.97. The largest absolute Gasteiger partial charge is 0.391 e. The number of fused-ring (bicyclic) bond motifs is 1. The SMILES string of the molecule is CC[C@@H]1NC(=O)[C@@H](NC(=O)CN(C)C)CCCCNC(=O)[C@@H]2CCCN2C(=O)[C@@H](Cc2ccccc2)NC(=O)[C@H]([C@@H](C)O)NC1=O. The highest BCUT2D eigenvalue weighted by Crippen LogP contribution is 2.20. The predicted molar refractivity (Wildman–Crippen MR) is 170 cm³/mol. The average molecular weight is 644 g/mol. The minimum Gasteiger partial charge on any atom is -0.391 e. The lowest BCUT2D eigenvalue weighted by Crippen LogP contribution is -2.61. The van der Waals surface area contributed by atoms with Gasteiger partial charge < -0.3 is 41.5 Å². The van der Waals surface area contributed by atoms with Crippen molar-refractivity contribution < 1.29 is 33.9 Å². The van der Waals surface area contributed by atoms with Gasteiger partial charge in [-0.3, -0.25) is 28.8 Å². The first-order valence-electron chi connectivity index (χ1n) is 16.1. The van der Waals surface area contributed by atoms with E-state index >= 15 is 0 Å². The first-order chi connectivity index (χ1) is 21.9. The first-order valence-corrected chi connectivity index (χ1v) is 16.1. The second-order valence-corrected chi connectivity index (χ2v) is 12.3. The molecular weight excluding hydrogens is 594 g/mol. The molecule has 1 aromatic carbocycles.